The zero-order chi connectivity index (χ0) is 17.2. The molecule has 0 spiro atoms. The molecule has 2 atom stereocenters. The highest BCUT2D eigenvalue weighted by atomic mass is 79.9. The van der Waals surface area contributed by atoms with Gasteiger partial charge in [-0.2, -0.15) is 0 Å². The van der Waals surface area contributed by atoms with Crippen LogP contribution in [0, 0.1) is 0 Å². The lowest BCUT2D eigenvalue weighted by Crippen LogP contribution is -2.11. The van der Waals surface area contributed by atoms with Crippen molar-refractivity contribution >= 4 is 21.9 Å². The van der Waals surface area contributed by atoms with Gasteiger partial charge in [0.25, 0.3) is 0 Å². The van der Waals surface area contributed by atoms with E-state index in [-0.39, 0.29) is 12.1 Å². The number of halogens is 1. The van der Waals surface area contributed by atoms with Gasteiger partial charge in [-0.3, -0.25) is 0 Å². The van der Waals surface area contributed by atoms with Crippen LogP contribution in [0.3, 0.4) is 0 Å². The predicted octanol–water partition coefficient (Wildman–Crippen LogP) is 5.90. The highest BCUT2D eigenvalue weighted by molar-refractivity contribution is 9.10. The van der Waals surface area contributed by atoms with E-state index in [1.807, 2.05) is 12.1 Å². The van der Waals surface area contributed by atoms with Crippen LogP contribution in [0.5, 0.6) is 0 Å². The first-order chi connectivity index (χ1) is 11.7. The van der Waals surface area contributed by atoms with Gasteiger partial charge < -0.3 is 9.47 Å². The topological polar surface area (TPSA) is 38.8 Å². The van der Waals surface area contributed by atoms with Crippen molar-refractivity contribution in [1.82, 2.24) is 0 Å². The second-order valence-corrected chi connectivity index (χ2v) is 7.50. The average Bonchev–Trinajstić information content (AvgIpc) is 3.34. The molecular formula is C20H29BrO3. The summed E-state index contributed by atoms with van der Waals surface area (Å²) in [5, 5.41) is 0. The molecule has 0 aromatic heterocycles. The number of carbonyl (C=O) groups excluding carboxylic acids is 1. The molecule has 1 aromatic carbocycles. The number of hydrogen-bond donors (Lipinski definition) is 0. The summed E-state index contributed by atoms with van der Waals surface area (Å²) in [6.07, 6.45) is 12.1. The molecule has 0 N–H and O–H groups in total. The first-order valence-electron chi connectivity index (χ1n) is 9.29. The van der Waals surface area contributed by atoms with Gasteiger partial charge in [-0.25, -0.2) is 4.79 Å². The van der Waals surface area contributed by atoms with Crippen LogP contribution in [-0.4, -0.2) is 24.8 Å². The summed E-state index contributed by atoms with van der Waals surface area (Å²) in [6, 6.07) is 7.21. The molecular weight excluding hydrogens is 368 g/mol. The Morgan fingerprint density at radius 1 is 1.00 bits per heavy atom. The van der Waals surface area contributed by atoms with E-state index < -0.39 is 0 Å². The Kier molecular flexibility index (Phi) is 8.82. The van der Waals surface area contributed by atoms with E-state index in [0.29, 0.717) is 18.3 Å². The fraction of sp³-hybridized carbons (Fsp3) is 0.650. The van der Waals surface area contributed by atoms with Gasteiger partial charge in [0.05, 0.1) is 11.7 Å². The van der Waals surface area contributed by atoms with E-state index in [4.69, 9.17) is 9.47 Å². The van der Waals surface area contributed by atoms with Crippen molar-refractivity contribution in [2.75, 3.05) is 6.61 Å². The Hall–Kier alpha value is -0.870. The van der Waals surface area contributed by atoms with Crippen molar-refractivity contribution in [2.45, 2.75) is 76.9 Å². The van der Waals surface area contributed by atoms with Crippen LogP contribution in [0.4, 0.5) is 0 Å². The summed E-state index contributed by atoms with van der Waals surface area (Å²) in [5.41, 5.74) is 0.582. The molecule has 1 heterocycles. The van der Waals surface area contributed by atoms with Crippen molar-refractivity contribution in [3.8, 4) is 0 Å². The molecule has 24 heavy (non-hydrogen) atoms. The zero-order valence-corrected chi connectivity index (χ0v) is 16.2. The predicted molar refractivity (Wildman–Crippen MR) is 100 cm³/mol. The first kappa shape index (κ1) is 19.5. The van der Waals surface area contributed by atoms with Gasteiger partial charge >= 0.3 is 5.97 Å². The normalized spacial score (nSPS) is 19.2. The Labute approximate surface area is 154 Å². The molecule has 2 rings (SSSR count). The number of hydrogen-bond acceptors (Lipinski definition) is 3. The number of benzene rings is 1. The summed E-state index contributed by atoms with van der Waals surface area (Å²) in [5.74, 6) is -0.274. The molecule has 134 valence electrons. The van der Waals surface area contributed by atoms with Crippen molar-refractivity contribution in [2.24, 2.45) is 0 Å². The first-order valence-corrected chi connectivity index (χ1v) is 10.1. The minimum absolute atomic E-state index is 0.106. The van der Waals surface area contributed by atoms with Crippen LogP contribution < -0.4 is 0 Å². The lowest BCUT2D eigenvalue weighted by Gasteiger charge is -2.03. The third-order valence-electron chi connectivity index (χ3n) is 4.49. The van der Waals surface area contributed by atoms with E-state index in [1.165, 1.54) is 51.4 Å². The second kappa shape index (κ2) is 10.9. The van der Waals surface area contributed by atoms with Crippen LogP contribution in [-0.2, 0) is 9.47 Å². The van der Waals surface area contributed by atoms with E-state index in [0.717, 1.165) is 10.9 Å². The van der Waals surface area contributed by atoms with E-state index >= 15 is 0 Å². The van der Waals surface area contributed by atoms with Gasteiger partial charge in [0.2, 0.25) is 0 Å². The Morgan fingerprint density at radius 3 is 2.29 bits per heavy atom. The molecule has 0 radical (unpaired) electrons. The van der Waals surface area contributed by atoms with Crippen molar-refractivity contribution in [3.63, 3.8) is 0 Å². The highest BCUT2D eigenvalue weighted by Gasteiger charge is 2.39. The molecule has 1 fully saturated rings. The molecule has 1 aliphatic rings. The van der Waals surface area contributed by atoms with Crippen LogP contribution in [0.25, 0.3) is 0 Å². The van der Waals surface area contributed by atoms with Crippen LogP contribution in [0.15, 0.2) is 28.7 Å². The molecule has 1 aromatic rings. The molecule has 0 bridgehead atoms. The molecule has 0 amide bonds. The van der Waals surface area contributed by atoms with Crippen LogP contribution in [0.1, 0.15) is 75.1 Å². The van der Waals surface area contributed by atoms with Gasteiger partial charge in [-0.15, -0.1) is 0 Å². The van der Waals surface area contributed by atoms with Crippen molar-refractivity contribution in [3.05, 3.63) is 34.3 Å². The number of carbonyl (C=O) groups is 1. The SMILES string of the molecule is CCCCCCCCCC[C@@H]1O[C@@H]1COC(=O)c1ccc(Br)cc1. The van der Waals surface area contributed by atoms with Crippen LogP contribution in [0.2, 0.25) is 0 Å². The molecule has 1 saturated heterocycles. The van der Waals surface area contributed by atoms with Gasteiger partial charge in [-0.05, 0) is 30.7 Å². The Bertz CT molecular complexity index is 486. The monoisotopic (exact) mass is 396 g/mol. The summed E-state index contributed by atoms with van der Waals surface area (Å²) in [4.78, 5) is 11.9. The third-order valence-corrected chi connectivity index (χ3v) is 5.02. The smallest absolute Gasteiger partial charge is 0.338 e. The van der Waals surface area contributed by atoms with E-state index in [9.17, 15) is 4.79 Å². The zero-order valence-electron chi connectivity index (χ0n) is 14.6. The van der Waals surface area contributed by atoms with Gasteiger partial charge in [0, 0.05) is 4.47 Å². The quantitative estimate of drug-likeness (QED) is 0.250. The lowest BCUT2D eigenvalue weighted by atomic mass is 10.1. The van der Waals surface area contributed by atoms with Crippen LogP contribution >= 0.6 is 15.9 Å². The number of esters is 1. The van der Waals surface area contributed by atoms with Crippen molar-refractivity contribution < 1.29 is 14.3 Å². The second-order valence-electron chi connectivity index (χ2n) is 6.58. The van der Waals surface area contributed by atoms with Gasteiger partial charge in [0.15, 0.2) is 0 Å². The summed E-state index contributed by atoms with van der Waals surface area (Å²) >= 11 is 3.35. The molecule has 3 nitrogen and oxygen atoms in total. The number of epoxide rings is 1. The van der Waals surface area contributed by atoms with E-state index in [2.05, 4.69) is 22.9 Å². The maximum Gasteiger partial charge on any atom is 0.338 e. The minimum Gasteiger partial charge on any atom is -0.459 e. The van der Waals surface area contributed by atoms with Crippen molar-refractivity contribution in [1.29, 1.82) is 0 Å². The molecule has 0 saturated carbocycles. The Balaban J connectivity index is 1.47. The maximum atomic E-state index is 11.9. The fourth-order valence-corrected chi connectivity index (χ4v) is 3.15. The Morgan fingerprint density at radius 2 is 1.62 bits per heavy atom. The lowest BCUT2D eigenvalue weighted by molar-refractivity contribution is 0.0476. The molecule has 1 aliphatic heterocycles. The standard InChI is InChI=1S/C20H29BrO3/c1-2-3-4-5-6-7-8-9-10-18-19(24-18)15-23-20(22)16-11-13-17(21)14-12-16/h11-14,18-19H,2-10,15H2,1H3/t18-,19+/m0/s1. The number of unbranched alkanes of at least 4 members (excludes halogenated alkanes) is 7. The minimum atomic E-state index is -0.274. The molecule has 0 unspecified atom stereocenters. The summed E-state index contributed by atoms with van der Waals surface area (Å²) < 4.78 is 11.9. The largest absolute Gasteiger partial charge is 0.459 e. The maximum absolute atomic E-state index is 11.9. The van der Waals surface area contributed by atoms with Gasteiger partial charge in [0.1, 0.15) is 12.7 Å². The average molecular weight is 397 g/mol. The molecule has 0 aliphatic carbocycles. The van der Waals surface area contributed by atoms with E-state index in [1.54, 1.807) is 12.1 Å². The highest BCUT2D eigenvalue weighted by Crippen LogP contribution is 2.28. The summed E-state index contributed by atoms with van der Waals surface area (Å²) in [7, 11) is 0. The number of ether oxygens (including phenoxy) is 2. The van der Waals surface area contributed by atoms with Gasteiger partial charge in [-0.1, -0.05) is 74.2 Å². The third kappa shape index (κ3) is 7.35. The summed E-state index contributed by atoms with van der Waals surface area (Å²) in [6.45, 7) is 2.62. The fourth-order valence-electron chi connectivity index (χ4n) is 2.89. The molecule has 4 heteroatoms. The number of rotatable bonds is 12.